The molecule has 0 saturated carbocycles. The van der Waals surface area contributed by atoms with Crippen molar-refractivity contribution in [2.75, 3.05) is 13.2 Å². The summed E-state index contributed by atoms with van der Waals surface area (Å²) in [6.45, 7) is 3.71. The summed E-state index contributed by atoms with van der Waals surface area (Å²) in [6, 6.07) is 0. The van der Waals surface area contributed by atoms with Crippen molar-refractivity contribution in [2.24, 2.45) is 0 Å². The molecule has 0 fully saturated rings. The molecule has 0 rings (SSSR count). The van der Waals surface area contributed by atoms with Crippen LogP contribution in [0.15, 0.2) is 0 Å². The molecule has 0 amide bonds. The minimum Gasteiger partial charge on any atom is -0.297 e. The Kier molecular flexibility index (Phi) is 12.9. The number of hydrogen-bond donors (Lipinski definition) is 0. The number of carbonyl (C=O) groups excluding carboxylic acids is 2. The first-order valence-corrected chi connectivity index (χ1v) is 8.46. The lowest BCUT2D eigenvalue weighted by atomic mass is 10.1. The minimum atomic E-state index is -2.37. The van der Waals surface area contributed by atoms with E-state index in [-0.39, 0.29) is 24.8 Å². The van der Waals surface area contributed by atoms with Crippen molar-refractivity contribution >= 4 is 19.8 Å². The zero-order chi connectivity index (χ0) is 15.2. The molecule has 0 aromatic rings. The van der Waals surface area contributed by atoms with Gasteiger partial charge in [0.25, 0.3) is 0 Å². The fourth-order valence-electron chi connectivity index (χ4n) is 1.58. The molecule has 0 aromatic carbocycles. The van der Waals surface area contributed by atoms with Gasteiger partial charge in [0.05, 0.1) is 0 Å². The van der Waals surface area contributed by atoms with Gasteiger partial charge in [-0.3, -0.25) is 9.59 Å². The highest BCUT2D eigenvalue weighted by Gasteiger charge is 2.23. The predicted octanol–water partition coefficient (Wildman–Crippen LogP) is 3.98. The summed E-state index contributed by atoms with van der Waals surface area (Å²) < 4.78 is 20.9. The van der Waals surface area contributed by atoms with Crippen LogP contribution in [0.2, 0.25) is 0 Å². The van der Waals surface area contributed by atoms with Crippen LogP contribution < -0.4 is 0 Å². The smallest absolute Gasteiger partial charge is 0.297 e. The molecule has 0 N–H and O–H groups in total. The summed E-state index contributed by atoms with van der Waals surface area (Å²) in [5.41, 5.74) is 0. The first-order chi connectivity index (χ1) is 9.60. The van der Waals surface area contributed by atoms with Gasteiger partial charge in [0.15, 0.2) is 24.8 Å². The molecule has 6 heteroatoms. The lowest BCUT2D eigenvalue weighted by Crippen LogP contribution is -2.08. The molecule has 20 heavy (non-hydrogen) atoms. The molecule has 5 nitrogen and oxygen atoms in total. The Labute approximate surface area is 122 Å². The Balaban J connectivity index is 3.57. The Morgan fingerprint density at radius 1 is 0.800 bits per heavy atom. The summed E-state index contributed by atoms with van der Waals surface area (Å²) in [7, 11) is -2.37. The maximum absolute atomic E-state index is 11.4. The molecular weight excluding hydrogens is 279 g/mol. The molecule has 0 unspecified atom stereocenters. The molecule has 0 aliphatic carbocycles. The number of hydrogen-bond acceptors (Lipinski definition) is 5. The third-order valence-corrected chi connectivity index (χ3v) is 3.46. The number of carbonyl (C=O) groups is 2. The zero-order valence-corrected chi connectivity index (χ0v) is 13.5. The Morgan fingerprint density at radius 2 is 1.20 bits per heavy atom. The van der Waals surface area contributed by atoms with Crippen LogP contribution in [0.25, 0.3) is 0 Å². The SMILES string of the molecule is CCCCCC(=O)CO[P+](=O)OCC(=O)CCCCC. The van der Waals surface area contributed by atoms with E-state index in [1.807, 2.05) is 0 Å². The van der Waals surface area contributed by atoms with E-state index in [0.29, 0.717) is 12.8 Å². The molecule has 0 aliphatic rings. The average molecular weight is 305 g/mol. The fraction of sp³-hybridized carbons (Fsp3) is 0.857. The van der Waals surface area contributed by atoms with Gasteiger partial charge in [0.2, 0.25) is 0 Å². The van der Waals surface area contributed by atoms with Gasteiger partial charge in [-0.15, -0.1) is 9.05 Å². The van der Waals surface area contributed by atoms with Crippen molar-refractivity contribution in [1.82, 2.24) is 0 Å². The van der Waals surface area contributed by atoms with Crippen LogP contribution in [-0.4, -0.2) is 24.8 Å². The average Bonchev–Trinajstić information content (AvgIpc) is 2.43. The van der Waals surface area contributed by atoms with E-state index < -0.39 is 8.25 Å². The monoisotopic (exact) mass is 305 g/mol. The van der Waals surface area contributed by atoms with E-state index in [2.05, 4.69) is 13.8 Å². The van der Waals surface area contributed by atoms with Crippen LogP contribution in [0.3, 0.4) is 0 Å². The van der Waals surface area contributed by atoms with Crippen molar-refractivity contribution in [3.05, 3.63) is 0 Å². The maximum atomic E-state index is 11.4. The van der Waals surface area contributed by atoms with E-state index in [4.69, 9.17) is 9.05 Å². The second-order valence-corrected chi connectivity index (χ2v) is 5.73. The Morgan fingerprint density at radius 3 is 1.55 bits per heavy atom. The molecule has 0 aliphatic heterocycles. The Bertz CT molecular complexity index is 276. The standard InChI is InChI=1S/C14H26O5P/c1-3-5-7-9-13(15)11-18-20(17)19-12-14(16)10-8-6-4-2/h3-12H2,1-2H3/q+1. The van der Waals surface area contributed by atoms with Crippen molar-refractivity contribution in [3.63, 3.8) is 0 Å². The molecule has 0 heterocycles. The van der Waals surface area contributed by atoms with E-state index in [1.165, 1.54) is 0 Å². The van der Waals surface area contributed by atoms with Gasteiger partial charge >= 0.3 is 8.25 Å². The van der Waals surface area contributed by atoms with Crippen molar-refractivity contribution in [2.45, 2.75) is 65.2 Å². The van der Waals surface area contributed by atoms with Gasteiger partial charge in [-0.05, 0) is 12.8 Å². The summed E-state index contributed by atoms with van der Waals surface area (Å²) in [6.07, 6.45) is 6.62. The number of unbranched alkanes of at least 4 members (excludes halogenated alkanes) is 4. The van der Waals surface area contributed by atoms with Gasteiger partial charge < -0.3 is 0 Å². The second-order valence-electron chi connectivity index (χ2n) is 4.76. The largest absolute Gasteiger partial charge is 0.698 e. The van der Waals surface area contributed by atoms with Crippen LogP contribution in [0.1, 0.15) is 65.2 Å². The summed E-state index contributed by atoms with van der Waals surface area (Å²) >= 11 is 0. The third kappa shape index (κ3) is 12.4. The summed E-state index contributed by atoms with van der Waals surface area (Å²) in [4.78, 5) is 22.7. The van der Waals surface area contributed by atoms with Crippen LogP contribution in [0.5, 0.6) is 0 Å². The molecule has 0 atom stereocenters. The van der Waals surface area contributed by atoms with E-state index in [9.17, 15) is 14.2 Å². The highest BCUT2D eigenvalue weighted by Crippen LogP contribution is 2.23. The highest BCUT2D eigenvalue weighted by atomic mass is 31.1. The molecule has 116 valence electrons. The molecule has 0 aromatic heterocycles. The molecule has 0 saturated heterocycles. The van der Waals surface area contributed by atoms with Crippen LogP contribution >= 0.6 is 8.25 Å². The molecule has 0 bridgehead atoms. The zero-order valence-electron chi connectivity index (χ0n) is 12.6. The van der Waals surface area contributed by atoms with Gasteiger partial charge in [0.1, 0.15) is 0 Å². The van der Waals surface area contributed by atoms with E-state index in [1.54, 1.807) is 0 Å². The molecular formula is C14H26O5P+. The second kappa shape index (κ2) is 13.3. The first kappa shape index (κ1) is 19.4. The van der Waals surface area contributed by atoms with Crippen LogP contribution in [0.4, 0.5) is 0 Å². The van der Waals surface area contributed by atoms with Gasteiger partial charge in [-0.25, -0.2) is 0 Å². The summed E-state index contributed by atoms with van der Waals surface area (Å²) in [5, 5.41) is 0. The Hall–Kier alpha value is -0.640. The van der Waals surface area contributed by atoms with E-state index >= 15 is 0 Å². The quantitative estimate of drug-likeness (QED) is 0.358. The minimum absolute atomic E-state index is 0.0836. The third-order valence-electron chi connectivity index (χ3n) is 2.78. The predicted molar refractivity (Wildman–Crippen MR) is 77.8 cm³/mol. The van der Waals surface area contributed by atoms with Gasteiger partial charge in [-0.1, -0.05) is 39.5 Å². The molecule has 0 radical (unpaired) electrons. The lowest BCUT2D eigenvalue weighted by molar-refractivity contribution is -0.121. The van der Waals surface area contributed by atoms with Gasteiger partial charge in [-0.2, -0.15) is 0 Å². The first-order valence-electron chi connectivity index (χ1n) is 7.36. The van der Waals surface area contributed by atoms with Crippen LogP contribution in [0, 0.1) is 0 Å². The lowest BCUT2D eigenvalue weighted by Gasteiger charge is -1.96. The van der Waals surface area contributed by atoms with Crippen LogP contribution in [-0.2, 0) is 23.2 Å². The van der Waals surface area contributed by atoms with E-state index in [0.717, 1.165) is 38.5 Å². The van der Waals surface area contributed by atoms with Crippen molar-refractivity contribution in [3.8, 4) is 0 Å². The number of ketones is 2. The fourth-order valence-corrected chi connectivity index (χ4v) is 2.15. The maximum Gasteiger partial charge on any atom is 0.698 e. The normalized spacial score (nSPS) is 10.5. The molecule has 0 spiro atoms. The van der Waals surface area contributed by atoms with Crippen molar-refractivity contribution in [1.29, 1.82) is 0 Å². The number of rotatable bonds is 14. The number of Topliss-reactive ketones (excluding diaryl/α,β-unsaturated/α-hetero) is 2. The topological polar surface area (TPSA) is 69.7 Å². The van der Waals surface area contributed by atoms with Crippen molar-refractivity contribution < 1.29 is 23.2 Å². The summed E-state index contributed by atoms with van der Waals surface area (Å²) in [5.74, 6) is -0.167. The van der Waals surface area contributed by atoms with Gasteiger partial charge in [0, 0.05) is 17.4 Å². The highest BCUT2D eigenvalue weighted by molar-refractivity contribution is 7.33.